The normalized spacial score (nSPS) is 12.7. The summed E-state index contributed by atoms with van der Waals surface area (Å²) in [6.07, 6.45) is 0. The highest BCUT2D eigenvalue weighted by atomic mass is 79.9. The third-order valence-electron chi connectivity index (χ3n) is 2.29. The van der Waals surface area contributed by atoms with Crippen LogP contribution in [-0.2, 0) is 10.0 Å². The number of alkyl halides is 1. The van der Waals surface area contributed by atoms with Crippen LogP contribution in [0.25, 0.3) is 0 Å². The van der Waals surface area contributed by atoms with E-state index >= 15 is 0 Å². The third-order valence-corrected chi connectivity index (χ3v) is 5.22. The molecule has 0 radical (unpaired) electrons. The van der Waals surface area contributed by atoms with Gasteiger partial charge in [-0.15, -0.1) is 0 Å². The van der Waals surface area contributed by atoms with Gasteiger partial charge in [-0.05, 0) is 23.6 Å². The molecule has 0 aliphatic rings. The molecule has 102 valence electrons. The van der Waals surface area contributed by atoms with Crippen molar-refractivity contribution in [1.29, 1.82) is 0 Å². The van der Waals surface area contributed by atoms with Gasteiger partial charge in [-0.2, -0.15) is 0 Å². The minimum Gasteiger partial charge on any atom is -0.210 e. The summed E-state index contributed by atoms with van der Waals surface area (Å²) in [6, 6.07) is 2.33. The van der Waals surface area contributed by atoms with E-state index in [0.717, 1.165) is 12.1 Å². The summed E-state index contributed by atoms with van der Waals surface area (Å²) in [5, 5.41) is 0.578. The van der Waals surface area contributed by atoms with E-state index in [0.29, 0.717) is 11.4 Å². The van der Waals surface area contributed by atoms with Crippen molar-refractivity contribution in [3.8, 4) is 0 Å². The Morgan fingerprint density at radius 3 is 2.50 bits per heavy atom. The van der Waals surface area contributed by atoms with Crippen molar-refractivity contribution in [2.75, 3.05) is 11.9 Å². The molecule has 0 spiro atoms. The maximum absolute atomic E-state index is 13.4. The highest BCUT2D eigenvalue weighted by Gasteiger charge is 2.24. The van der Waals surface area contributed by atoms with Crippen LogP contribution in [0.1, 0.15) is 13.8 Å². The van der Waals surface area contributed by atoms with Crippen molar-refractivity contribution in [2.45, 2.75) is 18.7 Å². The second kappa shape index (κ2) is 5.63. The highest BCUT2D eigenvalue weighted by Crippen LogP contribution is 2.20. The summed E-state index contributed by atoms with van der Waals surface area (Å²) in [5.74, 6) is -1.77. The molecule has 0 atom stereocenters. The molecule has 0 fully saturated rings. The van der Waals surface area contributed by atoms with Gasteiger partial charge in [0.25, 0.3) is 0 Å². The Morgan fingerprint density at radius 2 is 1.94 bits per heavy atom. The zero-order valence-corrected chi connectivity index (χ0v) is 12.4. The lowest BCUT2D eigenvalue weighted by Gasteiger charge is -2.21. The fourth-order valence-electron chi connectivity index (χ4n) is 1.10. The van der Waals surface area contributed by atoms with Crippen LogP contribution < -0.4 is 4.72 Å². The van der Waals surface area contributed by atoms with Crippen LogP contribution in [0.2, 0.25) is 0 Å². The fraction of sp³-hybridized carbons (Fsp3) is 0.455. The van der Waals surface area contributed by atoms with Crippen LogP contribution in [-0.4, -0.2) is 20.3 Å². The Kier molecular flexibility index (Phi) is 4.85. The Labute approximate surface area is 114 Å². The van der Waals surface area contributed by atoms with Crippen molar-refractivity contribution in [1.82, 2.24) is 4.72 Å². The molecule has 0 aromatic heterocycles. The Balaban J connectivity index is 2.97. The summed E-state index contributed by atoms with van der Waals surface area (Å²) in [7, 11) is -4.04. The topological polar surface area (TPSA) is 46.2 Å². The van der Waals surface area contributed by atoms with E-state index in [1.54, 1.807) is 0 Å². The van der Waals surface area contributed by atoms with E-state index < -0.39 is 26.6 Å². The molecule has 0 saturated heterocycles. The largest absolute Gasteiger partial charge is 0.243 e. The molecular weight excluding hydrogens is 328 g/mol. The van der Waals surface area contributed by atoms with Crippen LogP contribution in [0.15, 0.2) is 23.1 Å². The second-order valence-corrected chi connectivity index (χ2v) is 6.99. The zero-order chi connectivity index (χ0) is 14.0. The minimum absolute atomic E-state index is 0.122. The van der Waals surface area contributed by atoms with Crippen LogP contribution in [0.4, 0.5) is 8.78 Å². The molecule has 0 aliphatic carbocycles. The zero-order valence-electron chi connectivity index (χ0n) is 10.0. The van der Waals surface area contributed by atoms with Gasteiger partial charge in [0.1, 0.15) is 16.5 Å². The smallest absolute Gasteiger partial charge is 0.210 e. The van der Waals surface area contributed by atoms with Gasteiger partial charge < -0.3 is 0 Å². The lowest BCUT2D eigenvalue weighted by atomic mass is 9.98. The Hall–Kier alpha value is -0.530. The number of sulfonamides is 1. The van der Waals surface area contributed by atoms with Crippen molar-refractivity contribution >= 4 is 26.0 Å². The number of nitrogens with one attached hydrogen (secondary N) is 1. The van der Waals surface area contributed by atoms with Gasteiger partial charge in [0.2, 0.25) is 10.0 Å². The minimum atomic E-state index is -4.04. The van der Waals surface area contributed by atoms with E-state index in [4.69, 9.17) is 0 Å². The highest BCUT2D eigenvalue weighted by molar-refractivity contribution is 9.09. The number of halogens is 3. The van der Waals surface area contributed by atoms with Gasteiger partial charge in [0.15, 0.2) is 0 Å². The second-order valence-electron chi connectivity index (χ2n) is 4.70. The van der Waals surface area contributed by atoms with E-state index in [2.05, 4.69) is 20.7 Å². The summed E-state index contributed by atoms with van der Waals surface area (Å²) in [6.45, 7) is 3.80. The van der Waals surface area contributed by atoms with Gasteiger partial charge in [-0.3, -0.25) is 0 Å². The van der Waals surface area contributed by atoms with E-state index in [1.165, 1.54) is 0 Å². The molecule has 0 bridgehead atoms. The molecule has 7 heteroatoms. The average Bonchev–Trinajstić information content (AvgIpc) is 2.30. The number of hydrogen-bond donors (Lipinski definition) is 1. The Bertz CT molecular complexity index is 532. The average molecular weight is 342 g/mol. The van der Waals surface area contributed by atoms with Crippen LogP contribution >= 0.6 is 15.9 Å². The molecule has 1 aromatic carbocycles. The molecular formula is C11H14BrF2NO2S. The van der Waals surface area contributed by atoms with Crippen LogP contribution in [0.5, 0.6) is 0 Å². The number of benzene rings is 1. The van der Waals surface area contributed by atoms with Gasteiger partial charge in [0.05, 0.1) is 0 Å². The first-order valence-corrected chi connectivity index (χ1v) is 7.79. The first kappa shape index (κ1) is 15.5. The summed E-state index contributed by atoms with van der Waals surface area (Å²) in [5.41, 5.74) is -0.323. The first-order chi connectivity index (χ1) is 8.18. The fourth-order valence-corrected chi connectivity index (χ4v) is 2.63. The predicted octanol–water partition coefficient (Wildman–Crippen LogP) is 2.66. The monoisotopic (exact) mass is 341 g/mol. The van der Waals surface area contributed by atoms with Gasteiger partial charge in [0, 0.05) is 11.9 Å². The number of rotatable bonds is 5. The summed E-state index contributed by atoms with van der Waals surface area (Å²) < 4.78 is 52.3. The number of hydrogen-bond acceptors (Lipinski definition) is 2. The molecule has 3 nitrogen and oxygen atoms in total. The van der Waals surface area contributed by atoms with Crippen LogP contribution in [0, 0.1) is 17.0 Å². The quantitative estimate of drug-likeness (QED) is 0.837. The maximum atomic E-state index is 13.4. The van der Waals surface area contributed by atoms with Crippen molar-refractivity contribution in [3.63, 3.8) is 0 Å². The predicted molar refractivity (Wildman–Crippen MR) is 69.1 cm³/mol. The third kappa shape index (κ3) is 4.00. The summed E-state index contributed by atoms with van der Waals surface area (Å²) >= 11 is 3.25. The van der Waals surface area contributed by atoms with Crippen molar-refractivity contribution < 1.29 is 17.2 Å². The molecule has 0 unspecified atom stereocenters. The standard InChI is InChI=1S/C11H14BrF2NO2S/c1-11(2,6-12)7-15-18(16,17)10-5-8(13)3-4-9(10)14/h3-5,15H,6-7H2,1-2H3. The molecule has 0 heterocycles. The molecule has 0 saturated carbocycles. The van der Waals surface area contributed by atoms with Gasteiger partial charge in [-0.25, -0.2) is 21.9 Å². The van der Waals surface area contributed by atoms with Crippen LogP contribution in [0.3, 0.4) is 0 Å². The molecule has 1 N–H and O–H groups in total. The summed E-state index contributed by atoms with van der Waals surface area (Å²) in [4.78, 5) is -0.673. The maximum Gasteiger partial charge on any atom is 0.243 e. The Morgan fingerprint density at radius 1 is 1.33 bits per heavy atom. The van der Waals surface area contributed by atoms with Crippen molar-refractivity contribution in [3.05, 3.63) is 29.8 Å². The van der Waals surface area contributed by atoms with Crippen molar-refractivity contribution in [2.24, 2.45) is 5.41 Å². The molecule has 1 aromatic rings. The van der Waals surface area contributed by atoms with E-state index in [1.807, 2.05) is 13.8 Å². The lowest BCUT2D eigenvalue weighted by Crippen LogP contribution is -2.35. The SMILES string of the molecule is CC(C)(CBr)CNS(=O)(=O)c1cc(F)ccc1F. The van der Waals surface area contributed by atoms with Gasteiger partial charge >= 0.3 is 0 Å². The van der Waals surface area contributed by atoms with E-state index in [-0.39, 0.29) is 12.0 Å². The van der Waals surface area contributed by atoms with Gasteiger partial charge in [-0.1, -0.05) is 29.8 Å². The molecule has 0 amide bonds. The molecule has 18 heavy (non-hydrogen) atoms. The van der Waals surface area contributed by atoms with E-state index in [9.17, 15) is 17.2 Å². The first-order valence-electron chi connectivity index (χ1n) is 5.19. The molecule has 1 rings (SSSR count). The molecule has 0 aliphatic heterocycles. The lowest BCUT2D eigenvalue weighted by molar-refractivity contribution is 0.419.